The predicted octanol–water partition coefficient (Wildman–Crippen LogP) is 0.877. The molecule has 8 nitrogen and oxygen atoms in total. The first-order valence-electron chi connectivity index (χ1n) is 9.81. The van der Waals surface area contributed by atoms with Gasteiger partial charge in [-0.3, -0.25) is 29.4 Å². The molecule has 0 radical (unpaired) electrons. The summed E-state index contributed by atoms with van der Waals surface area (Å²) < 4.78 is 0. The minimum absolute atomic E-state index is 0.0979. The molecule has 4 N–H and O–H groups in total. The lowest BCUT2D eigenvalue weighted by molar-refractivity contribution is -0.136. The second-order valence-corrected chi connectivity index (χ2v) is 7.48. The number of nitrogens with zero attached hydrogens (tertiary/aromatic N) is 1. The molecule has 2 aromatic carbocycles. The lowest BCUT2D eigenvalue weighted by atomic mass is 10.0. The number of amides is 4. The third-order valence-corrected chi connectivity index (χ3v) is 5.43. The molecule has 0 spiro atoms. The van der Waals surface area contributed by atoms with Crippen LogP contribution in [0.25, 0.3) is 0 Å². The molecule has 2 atom stereocenters. The number of hydrogen-bond donors (Lipinski definition) is 3. The highest BCUT2D eigenvalue weighted by Crippen LogP contribution is 2.28. The predicted molar refractivity (Wildman–Crippen MR) is 108 cm³/mol. The molecule has 0 saturated carbocycles. The van der Waals surface area contributed by atoms with E-state index in [-0.39, 0.29) is 30.0 Å². The van der Waals surface area contributed by atoms with Crippen LogP contribution in [0.3, 0.4) is 0 Å². The quantitative estimate of drug-likeness (QED) is 0.612. The maximum absolute atomic E-state index is 12.9. The minimum atomic E-state index is -0.958. The first-order valence-corrected chi connectivity index (χ1v) is 9.81. The summed E-state index contributed by atoms with van der Waals surface area (Å²) in [6.45, 7) is 1.03. The Hall–Kier alpha value is -3.36. The average molecular weight is 406 g/mol. The van der Waals surface area contributed by atoms with Crippen LogP contribution in [0.4, 0.5) is 0 Å². The normalized spacial score (nSPS) is 19.6. The molecule has 4 amide bonds. The molecule has 2 aliphatic rings. The van der Waals surface area contributed by atoms with Crippen molar-refractivity contribution in [1.29, 1.82) is 0 Å². The van der Waals surface area contributed by atoms with Crippen molar-refractivity contribution in [1.82, 2.24) is 15.5 Å². The molecule has 1 fully saturated rings. The average Bonchev–Trinajstić information content (AvgIpc) is 2.99. The van der Waals surface area contributed by atoms with Crippen LogP contribution in [0.1, 0.15) is 50.7 Å². The summed E-state index contributed by atoms with van der Waals surface area (Å²) in [6.07, 6.45) is 0.239. The highest BCUT2D eigenvalue weighted by molar-refractivity contribution is 6.23. The molecule has 154 valence electrons. The van der Waals surface area contributed by atoms with Crippen LogP contribution in [-0.4, -0.2) is 41.1 Å². The number of rotatable bonds is 6. The van der Waals surface area contributed by atoms with Crippen LogP contribution in [0.5, 0.6) is 0 Å². The van der Waals surface area contributed by atoms with Crippen molar-refractivity contribution in [3.05, 3.63) is 70.8 Å². The van der Waals surface area contributed by atoms with E-state index in [0.717, 1.165) is 16.0 Å². The van der Waals surface area contributed by atoms with Gasteiger partial charge in [0.1, 0.15) is 6.04 Å². The van der Waals surface area contributed by atoms with Crippen LogP contribution in [0.2, 0.25) is 0 Å². The Morgan fingerprint density at radius 2 is 1.77 bits per heavy atom. The van der Waals surface area contributed by atoms with Crippen LogP contribution < -0.4 is 16.4 Å². The molecular weight excluding hydrogens is 384 g/mol. The topological polar surface area (TPSA) is 122 Å². The number of carbonyl (C=O) groups excluding carboxylic acids is 4. The van der Waals surface area contributed by atoms with Crippen molar-refractivity contribution in [2.24, 2.45) is 5.73 Å². The first kappa shape index (κ1) is 19.9. The monoisotopic (exact) mass is 406 g/mol. The number of fused-ring (bicyclic) bond motifs is 1. The van der Waals surface area contributed by atoms with Gasteiger partial charge in [-0.05, 0) is 29.7 Å². The fraction of sp³-hybridized carbons (Fsp3) is 0.273. The molecule has 0 aliphatic carbocycles. The Balaban J connectivity index is 1.43. The second kappa shape index (κ2) is 8.17. The fourth-order valence-electron chi connectivity index (χ4n) is 3.82. The minimum Gasteiger partial charge on any atom is -0.323 e. The molecule has 30 heavy (non-hydrogen) atoms. The summed E-state index contributed by atoms with van der Waals surface area (Å²) in [5, 5.41) is 5.46. The molecule has 2 aromatic rings. The Morgan fingerprint density at radius 1 is 1.03 bits per heavy atom. The van der Waals surface area contributed by atoms with E-state index in [1.54, 1.807) is 18.2 Å². The number of nitrogens with two attached hydrogens (primary N) is 1. The molecule has 1 saturated heterocycles. The van der Waals surface area contributed by atoms with E-state index in [1.807, 2.05) is 30.3 Å². The van der Waals surface area contributed by atoms with Gasteiger partial charge in [0.25, 0.3) is 11.8 Å². The summed E-state index contributed by atoms with van der Waals surface area (Å²) in [5.74, 6) is -2.02. The van der Waals surface area contributed by atoms with Crippen molar-refractivity contribution in [2.45, 2.75) is 31.5 Å². The molecule has 2 heterocycles. The van der Waals surface area contributed by atoms with Gasteiger partial charge < -0.3 is 11.1 Å². The van der Waals surface area contributed by atoms with Gasteiger partial charge in [0, 0.05) is 25.6 Å². The standard InChI is InChI=1S/C22H22N4O4/c23-17(14-4-2-1-3-5-14)12-24-11-13-6-7-15-16(10-13)22(30)26(21(15)29)18-8-9-19(27)25-20(18)28/h1-7,10,17-18,24H,8-9,11-12,23H2,(H,25,27,28). The van der Waals surface area contributed by atoms with Crippen molar-refractivity contribution in [3.8, 4) is 0 Å². The Bertz CT molecular complexity index is 1020. The van der Waals surface area contributed by atoms with E-state index < -0.39 is 29.7 Å². The number of imide groups is 2. The van der Waals surface area contributed by atoms with Crippen molar-refractivity contribution >= 4 is 23.6 Å². The van der Waals surface area contributed by atoms with Gasteiger partial charge in [0.15, 0.2) is 0 Å². The number of piperidine rings is 1. The van der Waals surface area contributed by atoms with E-state index in [0.29, 0.717) is 13.1 Å². The van der Waals surface area contributed by atoms with E-state index in [4.69, 9.17) is 5.73 Å². The van der Waals surface area contributed by atoms with Crippen LogP contribution in [-0.2, 0) is 16.1 Å². The largest absolute Gasteiger partial charge is 0.323 e. The summed E-state index contributed by atoms with van der Waals surface area (Å²) in [4.78, 5) is 50.0. The van der Waals surface area contributed by atoms with Crippen molar-refractivity contribution in [2.75, 3.05) is 6.54 Å². The van der Waals surface area contributed by atoms with Gasteiger partial charge in [0.2, 0.25) is 11.8 Å². The summed E-state index contributed by atoms with van der Waals surface area (Å²) in [6, 6.07) is 13.7. The Morgan fingerprint density at radius 3 is 2.50 bits per heavy atom. The molecule has 0 bridgehead atoms. The molecular formula is C22H22N4O4. The van der Waals surface area contributed by atoms with Crippen LogP contribution in [0, 0.1) is 0 Å². The van der Waals surface area contributed by atoms with Gasteiger partial charge >= 0.3 is 0 Å². The number of hydrogen-bond acceptors (Lipinski definition) is 6. The zero-order chi connectivity index (χ0) is 21.3. The summed E-state index contributed by atoms with van der Waals surface area (Å²) >= 11 is 0. The maximum Gasteiger partial charge on any atom is 0.262 e. The van der Waals surface area contributed by atoms with Gasteiger partial charge in [-0.15, -0.1) is 0 Å². The number of carbonyl (C=O) groups is 4. The van der Waals surface area contributed by atoms with E-state index >= 15 is 0 Å². The lowest BCUT2D eigenvalue weighted by Gasteiger charge is -2.27. The van der Waals surface area contributed by atoms with E-state index in [2.05, 4.69) is 10.6 Å². The van der Waals surface area contributed by atoms with E-state index in [1.165, 1.54) is 0 Å². The Labute approximate surface area is 173 Å². The Kier molecular flexibility index (Phi) is 5.43. The number of benzene rings is 2. The highest BCUT2D eigenvalue weighted by atomic mass is 16.2. The van der Waals surface area contributed by atoms with Gasteiger partial charge in [-0.1, -0.05) is 36.4 Å². The van der Waals surface area contributed by atoms with Crippen LogP contribution >= 0.6 is 0 Å². The molecule has 2 unspecified atom stereocenters. The maximum atomic E-state index is 12.9. The lowest BCUT2D eigenvalue weighted by Crippen LogP contribution is -2.54. The molecule has 0 aromatic heterocycles. The van der Waals surface area contributed by atoms with Gasteiger partial charge in [-0.2, -0.15) is 0 Å². The summed E-state index contributed by atoms with van der Waals surface area (Å²) in [7, 11) is 0. The van der Waals surface area contributed by atoms with Gasteiger partial charge in [0.05, 0.1) is 11.1 Å². The molecule has 4 rings (SSSR count). The zero-order valence-corrected chi connectivity index (χ0v) is 16.3. The number of nitrogens with one attached hydrogen (secondary N) is 2. The van der Waals surface area contributed by atoms with Crippen molar-refractivity contribution in [3.63, 3.8) is 0 Å². The van der Waals surface area contributed by atoms with Crippen molar-refractivity contribution < 1.29 is 19.2 Å². The van der Waals surface area contributed by atoms with Crippen LogP contribution in [0.15, 0.2) is 48.5 Å². The van der Waals surface area contributed by atoms with Gasteiger partial charge in [-0.25, -0.2) is 0 Å². The molecule has 2 aliphatic heterocycles. The first-order chi connectivity index (χ1) is 14.5. The second-order valence-electron chi connectivity index (χ2n) is 7.48. The highest BCUT2D eigenvalue weighted by Gasteiger charge is 2.44. The summed E-state index contributed by atoms with van der Waals surface area (Å²) in [5.41, 5.74) is 8.59. The third-order valence-electron chi connectivity index (χ3n) is 5.43. The third kappa shape index (κ3) is 3.74. The molecule has 8 heteroatoms. The fourth-order valence-corrected chi connectivity index (χ4v) is 3.82. The smallest absolute Gasteiger partial charge is 0.262 e. The van der Waals surface area contributed by atoms with E-state index in [9.17, 15) is 19.2 Å². The SMILES string of the molecule is NC(CNCc1ccc2c(c1)C(=O)N(C1CCC(=O)NC1=O)C2=O)c1ccccc1. The zero-order valence-electron chi connectivity index (χ0n) is 16.3.